The largest absolute Gasteiger partial charge is 0.316 e. The van der Waals surface area contributed by atoms with Crippen molar-refractivity contribution in [1.29, 1.82) is 0 Å². The Labute approximate surface area is 109 Å². The fourth-order valence-corrected chi connectivity index (χ4v) is 2.71. The summed E-state index contributed by atoms with van der Waals surface area (Å²) in [5, 5.41) is 11.3. The molecule has 0 amide bonds. The summed E-state index contributed by atoms with van der Waals surface area (Å²) < 4.78 is 1.88. The number of hydrogen-bond acceptors (Lipinski definition) is 3. The van der Waals surface area contributed by atoms with Crippen molar-refractivity contribution in [2.24, 2.45) is 11.8 Å². The van der Waals surface area contributed by atoms with Gasteiger partial charge in [-0.25, -0.2) is 0 Å². The van der Waals surface area contributed by atoms with Crippen LogP contribution in [-0.4, -0.2) is 28.1 Å². The van der Waals surface area contributed by atoms with Crippen molar-refractivity contribution in [3.8, 4) is 0 Å². The van der Waals surface area contributed by atoms with Gasteiger partial charge in [0, 0.05) is 19.3 Å². The average Bonchev–Trinajstić information content (AvgIpc) is 2.85. The zero-order valence-corrected chi connectivity index (χ0v) is 11.5. The molecule has 2 atom stereocenters. The van der Waals surface area contributed by atoms with Gasteiger partial charge < -0.3 is 5.32 Å². The molecule has 1 aromatic rings. The molecule has 0 aliphatic heterocycles. The van der Waals surface area contributed by atoms with Gasteiger partial charge in [0.2, 0.25) is 0 Å². The third-order valence-corrected chi connectivity index (χ3v) is 3.94. The van der Waals surface area contributed by atoms with Crippen molar-refractivity contribution in [2.75, 3.05) is 13.1 Å². The summed E-state index contributed by atoms with van der Waals surface area (Å²) in [5.74, 6) is 1.54. The quantitative estimate of drug-likeness (QED) is 0.620. The van der Waals surface area contributed by atoms with Crippen LogP contribution < -0.4 is 5.32 Å². The molecule has 4 nitrogen and oxygen atoms in total. The lowest BCUT2D eigenvalue weighted by Crippen LogP contribution is -2.30. The molecular formula is C14H24N4. The summed E-state index contributed by atoms with van der Waals surface area (Å²) in [4.78, 5) is 0. The molecule has 0 fully saturated rings. The number of aromatic nitrogens is 3. The van der Waals surface area contributed by atoms with Crippen LogP contribution in [0, 0.1) is 11.8 Å². The predicted octanol–water partition coefficient (Wildman–Crippen LogP) is 2.25. The lowest BCUT2D eigenvalue weighted by atomic mass is 9.80. The Bertz CT molecular complexity index is 369. The van der Waals surface area contributed by atoms with Crippen LogP contribution in [0.5, 0.6) is 0 Å². The smallest absolute Gasteiger partial charge is 0.0692 e. The highest BCUT2D eigenvalue weighted by atomic mass is 15.4. The summed E-state index contributed by atoms with van der Waals surface area (Å²) in [6.45, 7) is 7.76. The van der Waals surface area contributed by atoms with Gasteiger partial charge in [-0.1, -0.05) is 23.8 Å². The van der Waals surface area contributed by atoms with Crippen molar-refractivity contribution in [2.45, 2.75) is 39.7 Å². The van der Waals surface area contributed by atoms with Gasteiger partial charge in [-0.3, -0.25) is 4.68 Å². The molecule has 1 heterocycles. The predicted molar refractivity (Wildman–Crippen MR) is 73.2 cm³/mol. The molecule has 0 saturated carbocycles. The SMILES string of the molecule is CC1=CCCC(C)C1CNCCCn1ccnn1. The summed E-state index contributed by atoms with van der Waals surface area (Å²) in [6, 6.07) is 0. The Morgan fingerprint density at radius 1 is 1.50 bits per heavy atom. The van der Waals surface area contributed by atoms with Gasteiger partial charge in [-0.2, -0.15) is 0 Å². The highest BCUT2D eigenvalue weighted by molar-refractivity contribution is 5.09. The first kappa shape index (κ1) is 13.3. The molecular weight excluding hydrogens is 224 g/mol. The second-order valence-corrected chi connectivity index (χ2v) is 5.33. The fraction of sp³-hybridized carbons (Fsp3) is 0.714. The van der Waals surface area contributed by atoms with E-state index in [9.17, 15) is 0 Å². The molecule has 1 aliphatic rings. The normalized spacial score (nSPS) is 24.0. The molecule has 2 unspecified atom stereocenters. The average molecular weight is 248 g/mol. The Kier molecular flexibility index (Phi) is 4.93. The van der Waals surface area contributed by atoms with Gasteiger partial charge in [0.25, 0.3) is 0 Å². The number of hydrogen-bond donors (Lipinski definition) is 1. The first-order valence-corrected chi connectivity index (χ1v) is 6.99. The molecule has 2 rings (SSSR count). The van der Waals surface area contributed by atoms with E-state index in [0.717, 1.165) is 37.9 Å². The van der Waals surface area contributed by atoms with Crippen LogP contribution >= 0.6 is 0 Å². The van der Waals surface area contributed by atoms with Crippen molar-refractivity contribution in [3.05, 3.63) is 24.0 Å². The van der Waals surface area contributed by atoms with E-state index >= 15 is 0 Å². The van der Waals surface area contributed by atoms with Gasteiger partial charge in [0.1, 0.15) is 0 Å². The Morgan fingerprint density at radius 3 is 3.11 bits per heavy atom. The van der Waals surface area contributed by atoms with Gasteiger partial charge >= 0.3 is 0 Å². The maximum absolute atomic E-state index is 3.96. The van der Waals surface area contributed by atoms with E-state index in [1.54, 1.807) is 11.8 Å². The van der Waals surface area contributed by atoms with Gasteiger partial charge in [0.05, 0.1) is 6.20 Å². The summed E-state index contributed by atoms with van der Waals surface area (Å²) in [7, 11) is 0. The molecule has 18 heavy (non-hydrogen) atoms. The number of aryl methyl sites for hydroxylation is 1. The van der Waals surface area contributed by atoms with Crippen LogP contribution in [-0.2, 0) is 6.54 Å². The van der Waals surface area contributed by atoms with Crippen LogP contribution in [0.4, 0.5) is 0 Å². The molecule has 0 bridgehead atoms. The van der Waals surface area contributed by atoms with Gasteiger partial charge in [-0.15, -0.1) is 5.10 Å². The molecule has 1 aliphatic carbocycles. The minimum Gasteiger partial charge on any atom is -0.316 e. The standard InChI is InChI=1S/C14H24N4/c1-12-5-3-6-13(2)14(12)11-15-7-4-9-18-10-8-16-17-18/h5,8,10,13-15H,3-4,6-7,9,11H2,1-2H3. The Hall–Kier alpha value is -1.16. The molecule has 4 heteroatoms. The molecule has 100 valence electrons. The summed E-state index contributed by atoms with van der Waals surface area (Å²) in [5.41, 5.74) is 1.57. The van der Waals surface area contributed by atoms with E-state index in [1.165, 1.54) is 12.8 Å². The number of nitrogens with zero attached hydrogens (tertiary/aromatic N) is 3. The van der Waals surface area contributed by atoms with E-state index in [1.807, 2.05) is 10.9 Å². The number of rotatable bonds is 6. The highest BCUT2D eigenvalue weighted by Gasteiger charge is 2.21. The Morgan fingerprint density at radius 2 is 2.39 bits per heavy atom. The third-order valence-electron chi connectivity index (χ3n) is 3.94. The molecule has 0 radical (unpaired) electrons. The second-order valence-electron chi connectivity index (χ2n) is 5.33. The lowest BCUT2D eigenvalue weighted by Gasteiger charge is -2.29. The van der Waals surface area contributed by atoms with E-state index < -0.39 is 0 Å². The zero-order chi connectivity index (χ0) is 12.8. The first-order chi connectivity index (χ1) is 8.77. The first-order valence-electron chi connectivity index (χ1n) is 6.99. The minimum atomic E-state index is 0.727. The third kappa shape index (κ3) is 3.67. The van der Waals surface area contributed by atoms with Crippen molar-refractivity contribution < 1.29 is 0 Å². The number of nitrogens with one attached hydrogen (secondary N) is 1. The van der Waals surface area contributed by atoms with Gasteiger partial charge in [-0.05, 0) is 44.6 Å². The summed E-state index contributed by atoms with van der Waals surface area (Å²) in [6.07, 6.45) is 9.74. The highest BCUT2D eigenvalue weighted by Crippen LogP contribution is 2.29. The molecule has 0 aromatic carbocycles. The Balaban J connectivity index is 1.63. The van der Waals surface area contributed by atoms with Gasteiger partial charge in [0.15, 0.2) is 0 Å². The van der Waals surface area contributed by atoms with E-state index in [-0.39, 0.29) is 0 Å². The van der Waals surface area contributed by atoms with Crippen LogP contribution in [0.3, 0.4) is 0 Å². The second kappa shape index (κ2) is 6.69. The molecule has 0 saturated heterocycles. The molecule has 1 aromatic heterocycles. The van der Waals surface area contributed by atoms with E-state index in [0.29, 0.717) is 0 Å². The van der Waals surface area contributed by atoms with Crippen molar-refractivity contribution in [1.82, 2.24) is 20.3 Å². The maximum Gasteiger partial charge on any atom is 0.0692 e. The number of allylic oxidation sites excluding steroid dienone is 1. The van der Waals surface area contributed by atoms with E-state index in [2.05, 4.69) is 35.6 Å². The zero-order valence-electron chi connectivity index (χ0n) is 11.5. The van der Waals surface area contributed by atoms with E-state index in [4.69, 9.17) is 0 Å². The van der Waals surface area contributed by atoms with Crippen molar-refractivity contribution >= 4 is 0 Å². The van der Waals surface area contributed by atoms with Crippen molar-refractivity contribution in [3.63, 3.8) is 0 Å². The topological polar surface area (TPSA) is 42.7 Å². The van der Waals surface area contributed by atoms with Crippen LogP contribution in [0.15, 0.2) is 24.0 Å². The van der Waals surface area contributed by atoms with Crippen LogP contribution in [0.2, 0.25) is 0 Å². The lowest BCUT2D eigenvalue weighted by molar-refractivity contribution is 0.348. The van der Waals surface area contributed by atoms with Crippen LogP contribution in [0.1, 0.15) is 33.1 Å². The minimum absolute atomic E-state index is 0.727. The summed E-state index contributed by atoms with van der Waals surface area (Å²) >= 11 is 0. The monoisotopic (exact) mass is 248 g/mol. The molecule has 1 N–H and O–H groups in total. The fourth-order valence-electron chi connectivity index (χ4n) is 2.71. The maximum atomic E-state index is 3.96. The van der Waals surface area contributed by atoms with Crippen LogP contribution in [0.25, 0.3) is 0 Å². The molecule has 0 spiro atoms.